The number of nitrogens with two attached hydrogens (primary N) is 1. The van der Waals surface area contributed by atoms with Gasteiger partial charge in [0.05, 0.1) is 0 Å². The van der Waals surface area contributed by atoms with Crippen LogP contribution in [0.5, 0.6) is 0 Å². The number of hydrogen-bond acceptors (Lipinski definition) is 4. The second-order valence-electron chi connectivity index (χ2n) is 4.78. The fourth-order valence-electron chi connectivity index (χ4n) is 1.71. The Kier molecular flexibility index (Phi) is 6.20. The lowest BCUT2D eigenvalue weighted by Crippen LogP contribution is -2.38. The van der Waals surface area contributed by atoms with Gasteiger partial charge in [0.15, 0.2) is 12.6 Å². The van der Waals surface area contributed by atoms with E-state index in [2.05, 4.69) is 11.8 Å². The fourth-order valence-corrected chi connectivity index (χ4v) is 1.71. The molecule has 0 aliphatic carbocycles. The molecule has 3 N–H and O–H groups in total. The quantitative estimate of drug-likeness (QED) is 0.498. The summed E-state index contributed by atoms with van der Waals surface area (Å²) >= 11 is 0. The number of rotatable bonds is 4. The molecule has 1 amide bonds. The third-order valence-corrected chi connectivity index (χ3v) is 3.16. The average molecular weight is 304 g/mol. The van der Waals surface area contributed by atoms with Gasteiger partial charge in [0, 0.05) is 25.9 Å². The SMILES string of the molecule is CC#CCOC(=O)n1ccc([C@H](C)CC(=O)N(C)C(=N)N)c1. The lowest BCUT2D eigenvalue weighted by molar-refractivity contribution is -0.126. The van der Waals surface area contributed by atoms with Crippen LogP contribution in [0.1, 0.15) is 31.7 Å². The second kappa shape index (κ2) is 7.88. The standard InChI is InChI=1S/C15H20N4O3/c1-4-5-8-22-15(21)19-7-6-12(10-19)11(2)9-13(20)18(3)14(16)17/h6-7,10-11H,8-9H2,1-3H3,(H3,16,17)/t11-/m1/s1. The van der Waals surface area contributed by atoms with Crippen molar-refractivity contribution in [3.63, 3.8) is 0 Å². The predicted molar refractivity (Wildman–Crippen MR) is 82.3 cm³/mol. The Morgan fingerprint density at radius 1 is 1.55 bits per heavy atom. The van der Waals surface area contributed by atoms with Crippen LogP contribution in [0.4, 0.5) is 4.79 Å². The van der Waals surface area contributed by atoms with Gasteiger partial charge < -0.3 is 10.5 Å². The molecule has 0 fully saturated rings. The number of carbonyl (C=O) groups excluding carboxylic acids is 2. The summed E-state index contributed by atoms with van der Waals surface area (Å²) in [6.07, 6.45) is 2.87. The molecule has 1 aromatic heterocycles. The van der Waals surface area contributed by atoms with E-state index in [1.54, 1.807) is 25.4 Å². The van der Waals surface area contributed by atoms with Crippen molar-refractivity contribution < 1.29 is 14.3 Å². The van der Waals surface area contributed by atoms with Crippen molar-refractivity contribution in [3.8, 4) is 11.8 Å². The van der Waals surface area contributed by atoms with Crippen LogP contribution >= 0.6 is 0 Å². The summed E-state index contributed by atoms with van der Waals surface area (Å²) in [4.78, 5) is 24.7. The second-order valence-corrected chi connectivity index (χ2v) is 4.78. The van der Waals surface area contributed by atoms with Gasteiger partial charge in [-0.1, -0.05) is 12.8 Å². The van der Waals surface area contributed by atoms with E-state index in [1.165, 1.54) is 11.6 Å². The molecule has 0 aliphatic heterocycles. The third-order valence-electron chi connectivity index (χ3n) is 3.16. The van der Waals surface area contributed by atoms with Crippen molar-refractivity contribution in [1.82, 2.24) is 9.47 Å². The van der Waals surface area contributed by atoms with E-state index in [-0.39, 0.29) is 30.8 Å². The van der Waals surface area contributed by atoms with Gasteiger partial charge in [-0.3, -0.25) is 19.7 Å². The van der Waals surface area contributed by atoms with Gasteiger partial charge in [-0.15, -0.1) is 5.92 Å². The monoisotopic (exact) mass is 304 g/mol. The first-order chi connectivity index (χ1) is 10.4. The predicted octanol–water partition coefficient (Wildman–Crippen LogP) is 1.34. The molecule has 1 atom stereocenters. The van der Waals surface area contributed by atoms with Crippen LogP contribution in [0, 0.1) is 17.3 Å². The Hall–Kier alpha value is -2.75. The Morgan fingerprint density at radius 3 is 2.82 bits per heavy atom. The van der Waals surface area contributed by atoms with Gasteiger partial charge in [-0.25, -0.2) is 4.79 Å². The molecule has 1 aromatic rings. The molecule has 0 aliphatic rings. The van der Waals surface area contributed by atoms with E-state index in [0.29, 0.717) is 0 Å². The van der Waals surface area contributed by atoms with Crippen molar-refractivity contribution in [3.05, 3.63) is 24.0 Å². The van der Waals surface area contributed by atoms with Crippen LogP contribution in [0.3, 0.4) is 0 Å². The molecule has 0 aromatic carbocycles. The molecule has 1 rings (SSSR count). The summed E-state index contributed by atoms with van der Waals surface area (Å²) in [5.74, 6) is 4.61. The molecule has 0 radical (unpaired) electrons. The van der Waals surface area contributed by atoms with E-state index in [1.807, 2.05) is 6.92 Å². The van der Waals surface area contributed by atoms with E-state index < -0.39 is 6.09 Å². The van der Waals surface area contributed by atoms with Crippen molar-refractivity contribution in [2.24, 2.45) is 5.73 Å². The van der Waals surface area contributed by atoms with Crippen molar-refractivity contribution in [2.75, 3.05) is 13.7 Å². The summed E-state index contributed by atoms with van der Waals surface area (Å²) in [5, 5.41) is 7.23. The van der Waals surface area contributed by atoms with Crippen molar-refractivity contribution in [2.45, 2.75) is 26.2 Å². The molecular weight excluding hydrogens is 284 g/mol. The highest BCUT2D eigenvalue weighted by Gasteiger charge is 2.18. The van der Waals surface area contributed by atoms with Crippen LogP contribution in [0.15, 0.2) is 18.5 Å². The molecule has 7 nitrogen and oxygen atoms in total. The van der Waals surface area contributed by atoms with Crippen molar-refractivity contribution in [1.29, 1.82) is 5.41 Å². The minimum Gasteiger partial charge on any atom is -0.436 e. The number of nitrogens with zero attached hydrogens (tertiary/aromatic N) is 2. The Morgan fingerprint density at radius 2 is 2.23 bits per heavy atom. The van der Waals surface area contributed by atoms with Crippen LogP contribution < -0.4 is 5.73 Å². The first-order valence-corrected chi connectivity index (χ1v) is 6.72. The highest BCUT2D eigenvalue weighted by atomic mass is 16.5. The molecule has 0 saturated carbocycles. The lowest BCUT2D eigenvalue weighted by atomic mass is 10.0. The maximum absolute atomic E-state index is 11.9. The Bertz CT molecular complexity index is 624. The van der Waals surface area contributed by atoms with Crippen LogP contribution in [0.2, 0.25) is 0 Å². The zero-order chi connectivity index (χ0) is 16.7. The smallest absolute Gasteiger partial charge is 0.418 e. The molecule has 7 heteroatoms. The van der Waals surface area contributed by atoms with E-state index >= 15 is 0 Å². The van der Waals surface area contributed by atoms with Gasteiger partial charge >= 0.3 is 6.09 Å². The van der Waals surface area contributed by atoms with E-state index in [4.69, 9.17) is 15.9 Å². The average Bonchev–Trinajstić information content (AvgIpc) is 2.96. The fraction of sp³-hybridized carbons (Fsp3) is 0.400. The largest absolute Gasteiger partial charge is 0.436 e. The summed E-state index contributed by atoms with van der Waals surface area (Å²) in [7, 11) is 1.45. The topological polar surface area (TPSA) is 101 Å². The zero-order valence-electron chi connectivity index (χ0n) is 12.9. The minimum absolute atomic E-state index is 0.0420. The van der Waals surface area contributed by atoms with Crippen LogP contribution in [0.25, 0.3) is 0 Å². The minimum atomic E-state index is -0.520. The highest BCUT2D eigenvalue weighted by Crippen LogP contribution is 2.20. The van der Waals surface area contributed by atoms with Gasteiger partial charge in [0.2, 0.25) is 5.91 Å². The molecule has 1 heterocycles. The normalized spacial score (nSPS) is 11.0. The Balaban J connectivity index is 2.66. The molecule has 0 unspecified atom stereocenters. The summed E-state index contributed by atoms with van der Waals surface area (Å²) in [6.45, 7) is 3.57. The van der Waals surface area contributed by atoms with E-state index in [0.717, 1.165) is 10.5 Å². The molecule has 0 spiro atoms. The van der Waals surface area contributed by atoms with Crippen LogP contribution in [-0.4, -0.2) is 41.1 Å². The number of nitrogens with one attached hydrogen (secondary N) is 1. The van der Waals surface area contributed by atoms with Gasteiger partial charge in [0.25, 0.3) is 0 Å². The van der Waals surface area contributed by atoms with E-state index in [9.17, 15) is 9.59 Å². The molecule has 118 valence electrons. The van der Waals surface area contributed by atoms with Gasteiger partial charge in [-0.2, -0.15) is 0 Å². The van der Waals surface area contributed by atoms with Crippen LogP contribution in [-0.2, 0) is 9.53 Å². The molecule has 22 heavy (non-hydrogen) atoms. The number of ether oxygens (including phenoxy) is 1. The zero-order valence-corrected chi connectivity index (χ0v) is 12.9. The number of hydrogen-bond donors (Lipinski definition) is 2. The lowest BCUT2D eigenvalue weighted by Gasteiger charge is -2.17. The number of aromatic nitrogens is 1. The summed E-state index contributed by atoms with van der Waals surface area (Å²) in [5.41, 5.74) is 6.09. The van der Waals surface area contributed by atoms with Gasteiger partial charge in [0.1, 0.15) is 0 Å². The highest BCUT2D eigenvalue weighted by molar-refractivity contribution is 5.94. The third kappa shape index (κ3) is 4.66. The summed E-state index contributed by atoms with van der Waals surface area (Å²) < 4.78 is 6.25. The molecule has 0 saturated heterocycles. The first kappa shape index (κ1) is 17.3. The van der Waals surface area contributed by atoms with Gasteiger partial charge in [-0.05, 0) is 24.5 Å². The Labute approximate surface area is 129 Å². The molecular formula is C15H20N4O3. The summed E-state index contributed by atoms with van der Waals surface area (Å²) in [6, 6.07) is 1.75. The maximum atomic E-state index is 11.9. The maximum Gasteiger partial charge on any atom is 0.418 e. The first-order valence-electron chi connectivity index (χ1n) is 6.72. The number of guanidine groups is 1. The number of amides is 1. The molecule has 0 bridgehead atoms. The van der Waals surface area contributed by atoms with Crippen molar-refractivity contribution >= 4 is 18.0 Å². The number of carbonyl (C=O) groups is 2.